The second-order valence-electron chi connectivity index (χ2n) is 6.53. The Kier molecular flexibility index (Phi) is 2.50. The van der Waals surface area contributed by atoms with Crippen molar-refractivity contribution in [1.29, 1.82) is 0 Å². The molecule has 5 rings (SSSR count). The van der Waals surface area contributed by atoms with Crippen molar-refractivity contribution in [2.45, 2.75) is 44.7 Å². The van der Waals surface area contributed by atoms with Crippen LogP contribution in [-0.4, -0.2) is 9.78 Å². The van der Waals surface area contributed by atoms with E-state index in [0.717, 1.165) is 34.4 Å². The zero-order valence-electron chi connectivity index (χ0n) is 10.6. The molecule has 2 N–H and O–H groups in total. The number of halogens is 1. The highest BCUT2D eigenvalue weighted by molar-refractivity contribution is 6.31. The molecule has 0 amide bonds. The van der Waals surface area contributed by atoms with Crippen molar-refractivity contribution in [3.05, 3.63) is 16.9 Å². The average molecular weight is 266 g/mol. The van der Waals surface area contributed by atoms with Gasteiger partial charge in [-0.3, -0.25) is 4.68 Å². The normalized spacial score (nSPS) is 41.6. The van der Waals surface area contributed by atoms with Gasteiger partial charge in [0.25, 0.3) is 0 Å². The molecule has 1 aromatic rings. The van der Waals surface area contributed by atoms with Crippen LogP contribution in [0.3, 0.4) is 0 Å². The topological polar surface area (TPSA) is 43.8 Å². The van der Waals surface area contributed by atoms with Crippen LogP contribution in [0, 0.1) is 23.7 Å². The summed E-state index contributed by atoms with van der Waals surface area (Å²) in [6.45, 7) is 0.444. The molecule has 4 bridgehead atoms. The van der Waals surface area contributed by atoms with Crippen molar-refractivity contribution in [3.8, 4) is 0 Å². The lowest BCUT2D eigenvalue weighted by molar-refractivity contribution is -0.0337. The van der Waals surface area contributed by atoms with Gasteiger partial charge in [0.15, 0.2) is 0 Å². The van der Waals surface area contributed by atoms with E-state index >= 15 is 0 Å². The van der Waals surface area contributed by atoms with Crippen molar-refractivity contribution < 1.29 is 0 Å². The van der Waals surface area contributed by atoms with Gasteiger partial charge in [0.05, 0.1) is 16.8 Å². The molecule has 4 aliphatic carbocycles. The van der Waals surface area contributed by atoms with Crippen LogP contribution in [0.1, 0.15) is 43.8 Å². The van der Waals surface area contributed by atoms with Gasteiger partial charge in [0.2, 0.25) is 0 Å². The van der Waals surface area contributed by atoms with Gasteiger partial charge >= 0.3 is 0 Å². The summed E-state index contributed by atoms with van der Waals surface area (Å²) in [5.74, 6) is 3.68. The Balaban J connectivity index is 1.67. The van der Waals surface area contributed by atoms with Crippen molar-refractivity contribution >= 4 is 11.6 Å². The van der Waals surface area contributed by atoms with Crippen LogP contribution in [0.4, 0.5) is 0 Å². The van der Waals surface area contributed by atoms with Crippen LogP contribution in [0.5, 0.6) is 0 Å². The smallest absolute Gasteiger partial charge is 0.0946 e. The van der Waals surface area contributed by atoms with Crippen molar-refractivity contribution in [1.82, 2.24) is 9.78 Å². The number of rotatable bonds is 2. The molecular weight excluding hydrogens is 246 g/mol. The summed E-state index contributed by atoms with van der Waals surface area (Å²) in [6, 6.07) is 0.593. The minimum Gasteiger partial charge on any atom is -0.325 e. The minimum atomic E-state index is 0.444. The number of hydrogen-bond acceptors (Lipinski definition) is 2. The Labute approximate surface area is 113 Å². The zero-order valence-corrected chi connectivity index (χ0v) is 11.3. The summed E-state index contributed by atoms with van der Waals surface area (Å²) in [7, 11) is 0. The molecule has 1 heterocycles. The largest absolute Gasteiger partial charge is 0.325 e. The molecule has 3 nitrogen and oxygen atoms in total. The van der Waals surface area contributed by atoms with Crippen LogP contribution < -0.4 is 5.73 Å². The predicted molar refractivity (Wildman–Crippen MR) is 71.2 cm³/mol. The Bertz CT molecular complexity index is 440. The summed E-state index contributed by atoms with van der Waals surface area (Å²) in [5.41, 5.74) is 6.53. The SMILES string of the molecule is NCc1nn(C2C3CC4CC(C3)CC2C4)cc1Cl. The van der Waals surface area contributed by atoms with Gasteiger partial charge < -0.3 is 5.73 Å². The fourth-order valence-electron chi connectivity index (χ4n) is 5.03. The maximum atomic E-state index is 6.20. The average Bonchev–Trinajstić information content (AvgIpc) is 2.69. The second kappa shape index (κ2) is 3.97. The van der Waals surface area contributed by atoms with Gasteiger partial charge in [-0.2, -0.15) is 5.10 Å². The van der Waals surface area contributed by atoms with Crippen molar-refractivity contribution in [3.63, 3.8) is 0 Å². The molecule has 4 fully saturated rings. The highest BCUT2D eigenvalue weighted by Crippen LogP contribution is 2.58. The standard InChI is InChI=1S/C14H20ClN3/c15-12-7-18(17-13(12)6-16)14-10-2-8-1-9(4-10)5-11(14)3-8/h7-11,14H,1-6,16H2. The molecule has 0 aromatic carbocycles. The van der Waals surface area contributed by atoms with Gasteiger partial charge in [-0.1, -0.05) is 11.6 Å². The van der Waals surface area contributed by atoms with Crippen LogP contribution >= 0.6 is 11.6 Å². The molecule has 4 heteroatoms. The molecule has 4 aliphatic rings. The first-order valence-corrected chi connectivity index (χ1v) is 7.56. The fraction of sp³-hybridized carbons (Fsp3) is 0.786. The van der Waals surface area contributed by atoms with E-state index in [2.05, 4.69) is 9.78 Å². The van der Waals surface area contributed by atoms with Crippen LogP contribution in [0.2, 0.25) is 5.02 Å². The Hall–Kier alpha value is -0.540. The lowest BCUT2D eigenvalue weighted by atomic mass is 9.54. The quantitative estimate of drug-likeness (QED) is 0.893. The molecule has 18 heavy (non-hydrogen) atoms. The van der Waals surface area contributed by atoms with Crippen molar-refractivity contribution in [2.24, 2.45) is 29.4 Å². The lowest BCUT2D eigenvalue weighted by Crippen LogP contribution is -2.46. The van der Waals surface area contributed by atoms with E-state index in [1.807, 2.05) is 6.20 Å². The molecule has 0 spiro atoms. The summed E-state index contributed by atoms with van der Waals surface area (Å²) in [6.07, 6.45) is 9.14. The van der Waals surface area contributed by atoms with E-state index in [-0.39, 0.29) is 0 Å². The van der Waals surface area contributed by atoms with E-state index in [4.69, 9.17) is 17.3 Å². The maximum Gasteiger partial charge on any atom is 0.0946 e. The maximum absolute atomic E-state index is 6.20. The Morgan fingerprint density at radius 3 is 2.28 bits per heavy atom. The molecule has 1 aromatic heterocycles. The predicted octanol–water partition coefficient (Wildman–Crippen LogP) is 2.99. The number of hydrogen-bond donors (Lipinski definition) is 1. The molecule has 0 aliphatic heterocycles. The van der Waals surface area contributed by atoms with Gasteiger partial charge in [0, 0.05) is 12.7 Å². The zero-order chi connectivity index (χ0) is 12.3. The minimum absolute atomic E-state index is 0.444. The van der Waals surface area contributed by atoms with Gasteiger partial charge in [-0.05, 0) is 55.8 Å². The third kappa shape index (κ3) is 1.56. The summed E-state index contributed by atoms with van der Waals surface area (Å²) in [4.78, 5) is 0. The highest BCUT2D eigenvalue weighted by atomic mass is 35.5. The summed E-state index contributed by atoms with van der Waals surface area (Å²) >= 11 is 6.20. The van der Waals surface area contributed by atoms with Gasteiger partial charge in [0.1, 0.15) is 0 Å². The van der Waals surface area contributed by atoms with Crippen LogP contribution in [-0.2, 0) is 6.54 Å². The van der Waals surface area contributed by atoms with E-state index in [0.29, 0.717) is 12.6 Å². The Morgan fingerprint density at radius 1 is 1.17 bits per heavy atom. The highest BCUT2D eigenvalue weighted by Gasteiger charge is 2.49. The van der Waals surface area contributed by atoms with E-state index in [1.54, 1.807) is 0 Å². The second-order valence-corrected chi connectivity index (χ2v) is 6.94. The molecule has 0 saturated heterocycles. The summed E-state index contributed by atoms with van der Waals surface area (Å²) in [5, 5.41) is 5.38. The number of nitrogens with zero attached hydrogens (tertiary/aromatic N) is 2. The van der Waals surface area contributed by atoms with Crippen molar-refractivity contribution in [2.75, 3.05) is 0 Å². The molecular formula is C14H20ClN3. The first-order chi connectivity index (χ1) is 8.74. The molecule has 4 saturated carbocycles. The van der Waals surface area contributed by atoms with Gasteiger partial charge in [-0.15, -0.1) is 0 Å². The van der Waals surface area contributed by atoms with Crippen LogP contribution in [0.25, 0.3) is 0 Å². The molecule has 0 radical (unpaired) electrons. The Morgan fingerprint density at radius 2 is 1.78 bits per heavy atom. The molecule has 98 valence electrons. The first kappa shape index (κ1) is 11.3. The molecule has 0 unspecified atom stereocenters. The van der Waals surface area contributed by atoms with E-state index < -0.39 is 0 Å². The number of aromatic nitrogens is 2. The number of nitrogens with two attached hydrogens (primary N) is 1. The third-order valence-corrected chi connectivity index (χ3v) is 5.75. The van der Waals surface area contributed by atoms with E-state index in [9.17, 15) is 0 Å². The van der Waals surface area contributed by atoms with Gasteiger partial charge in [-0.25, -0.2) is 0 Å². The molecule has 0 atom stereocenters. The van der Waals surface area contributed by atoms with E-state index in [1.165, 1.54) is 32.1 Å². The third-order valence-electron chi connectivity index (χ3n) is 5.43. The monoisotopic (exact) mass is 265 g/mol. The summed E-state index contributed by atoms with van der Waals surface area (Å²) < 4.78 is 2.15. The lowest BCUT2D eigenvalue weighted by Gasteiger charge is -2.54. The first-order valence-electron chi connectivity index (χ1n) is 7.18. The van der Waals surface area contributed by atoms with Crippen LogP contribution in [0.15, 0.2) is 6.20 Å². The fourth-order valence-corrected chi connectivity index (χ4v) is 5.24.